The monoisotopic (exact) mass is 210 g/mol. The third-order valence-electron chi connectivity index (χ3n) is 2.22. The predicted molar refractivity (Wildman–Crippen MR) is 60.3 cm³/mol. The minimum atomic E-state index is -0.147. The van der Waals surface area contributed by atoms with E-state index in [9.17, 15) is 0 Å². The van der Waals surface area contributed by atoms with Crippen LogP contribution < -0.4 is 5.73 Å². The Labute approximate surface area is 91.1 Å². The van der Waals surface area contributed by atoms with Gasteiger partial charge in [0.25, 0.3) is 0 Å². The third-order valence-corrected chi connectivity index (χ3v) is 2.22. The summed E-state index contributed by atoms with van der Waals surface area (Å²) in [5.41, 5.74) is 9.34. The van der Waals surface area contributed by atoms with Crippen LogP contribution in [0, 0.1) is 25.2 Å². The number of hydrogen-bond donors (Lipinski definition) is 1. The topological polar surface area (TPSA) is 49.8 Å². The van der Waals surface area contributed by atoms with Crippen molar-refractivity contribution in [2.45, 2.75) is 26.3 Å². The van der Waals surface area contributed by atoms with E-state index in [1.807, 2.05) is 32.0 Å². The lowest BCUT2D eigenvalue weighted by Gasteiger charge is -2.14. The highest BCUT2D eigenvalue weighted by Crippen LogP contribution is 2.21. The van der Waals surface area contributed by atoms with Gasteiger partial charge in [0.15, 0.2) is 0 Å². The summed E-state index contributed by atoms with van der Waals surface area (Å²) < 4.78 is 0. The molecule has 1 atom stereocenters. The fourth-order valence-electron chi connectivity index (χ4n) is 1.61. The molecule has 0 fully saturated rings. The summed E-state index contributed by atoms with van der Waals surface area (Å²) in [6, 6.07) is 8.01. The maximum absolute atomic E-state index is 8.55. The van der Waals surface area contributed by atoms with Gasteiger partial charge in [0, 0.05) is 6.04 Å². The fourth-order valence-corrected chi connectivity index (χ4v) is 1.61. The lowest BCUT2D eigenvalue weighted by Crippen LogP contribution is -2.12. The lowest BCUT2D eigenvalue weighted by molar-refractivity contribution is 0.736. The van der Waals surface area contributed by atoms with Crippen molar-refractivity contribution in [3.8, 4) is 6.07 Å². The Morgan fingerprint density at radius 2 is 1.86 bits per heavy atom. The van der Waals surface area contributed by atoms with Crippen molar-refractivity contribution in [3.63, 3.8) is 0 Å². The molecule has 0 spiro atoms. The maximum Gasteiger partial charge on any atom is 0.0641 e. The van der Waals surface area contributed by atoms with Crippen molar-refractivity contribution in [3.05, 3.63) is 34.9 Å². The number of nitrogens with two attached hydrogens (primary N) is 1. The van der Waals surface area contributed by atoms with E-state index < -0.39 is 0 Å². The molecule has 1 aromatic carbocycles. The van der Waals surface area contributed by atoms with Gasteiger partial charge in [-0.3, -0.25) is 0 Å². The summed E-state index contributed by atoms with van der Waals surface area (Å²) in [6.07, 6.45) is 0.381. The van der Waals surface area contributed by atoms with E-state index in [-0.39, 0.29) is 18.4 Å². The fraction of sp³-hybridized carbons (Fsp3) is 0.364. The van der Waals surface area contributed by atoms with Crippen molar-refractivity contribution in [1.29, 1.82) is 5.26 Å². The second kappa shape index (κ2) is 5.64. The van der Waals surface area contributed by atoms with Crippen molar-refractivity contribution in [2.75, 3.05) is 0 Å². The highest BCUT2D eigenvalue weighted by Gasteiger charge is 2.10. The first-order valence-corrected chi connectivity index (χ1v) is 4.35. The molecule has 0 amide bonds. The van der Waals surface area contributed by atoms with E-state index in [0.717, 1.165) is 5.56 Å². The van der Waals surface area contributed by atoms with E-state index in [2.05, 4.69) is 6.07 Å². The molecule has 0 aliphatic carbocycles. The van der Waals surface area contributed by atoms with Crippen molar-refractivity contribution >= 4 is 12.4 Å². The zero-order chi connectivity index (χ0) is 9.84. The summed E-state index contributed by atoms with van der Waals surface area (Å²) >= 11 is 0. The Bertz CT molecular complexity index is 321. The van der Waals surface area contributed by atoms with Crippen molar-refractivity contribution in [2.24, 2.45) is 5.73 Å². The normalized spacial score (nSPS) is 11.3. The first-order valence-electron chi connectivity index (χ1n) is 4.35. The first-order chi connectivity index (χ1) is 6.16. The second-order valence-corrected chi connectivity index (χ2v) is 3.27. The zero-order valence-electron chi connectivity index (χ0n) is 8.45. The van der Waals surface area contributed by atoms with Crippen LogP contribution in [0.1, 0.15) is 29.2 Å². The van der Waals surface area contributed by atoms with Gasteiger partial charge in [0.05, 0.1) is 12.5 Å². The average molecular weight is 211 g/mol. The molecule has 2 N–H and O–H groups in total. The quantitative estimate of drug-likeness (QED) is 0.816. The Morgan fingerprint density at radius 3 is 2.29 bits per heavy atom. The van der Waals surface area contributed by atoms with Crippen LogP contribution >= 0.6 is 12.4 Å². The molecule has 0 heterocycles. The van der Waals surface area contributed by atoms with Gasteiger partial charge in [0.1, 0.15) is 0 Å². The predicted octanol–water partition coefficient (Wildman–Crippen LogP) is 2.64. The van der Waals surface area contributed by atoms with Crippen LogP contribution in [0.15, 0.2) is 18.2 Å². The highest BCUT2D eigenvalue weighted by atomic mass is 35.5. The summed E-state index contributed by atoms with van der Waals surface area (Å²) in [4.78, 5) is 0. The number of rotatable bonds is 2. The van der Waals surface area contributed by atoms with Gasteiger partial charge in [-0.1, -0.05) is 18.2 Å². The Balaban J connectivity index is 0.00000169. The molecule has 76 valence electrons. The summed E-state index contributed by atoms with van der Waals surface area (Å²) in [5.74, 6) is 0. The molecule has 0 aliphatic rings. The van der Waals surface area contributed by atoms with E-state index in [1.54, 1.807) is 0 Å². The van der Waals surface area contributed by atoms with E-state index >= 15 is 0 Å². The maximum atomic E-state index is 8.55. The number of halogens is 1. The molecule has 14 heavy (non-hydrogen) atoms. The lowest BCUT2D eigenvalue weighted by atomic mass is 9.95. The Kier molecular flexibility index (Phi) is 5.22. The molecule has 2 nitrogen and oxygen atoms in total. The van der Waals surface area contributed by atoms with Crippen LogP contribution in [0.25, 0.3) is 0 Å². The van der Waals surface area contributed by atoms with E-state index in [4.69, 9.17) is 11.0 Å². The SMILES string of the molecule is Cc1cccc(C)c1[C@H](N)CC#N.Cl. The zero-order valence-corrected chi connectivity index (χ0v) is 9.27. The molecule has 0 bridgehead atoms. The number of benzene rings is 1. The molecule has 0 aliphatic heterocycles. The number of nitrogens with zero attached hydrogens (tertiary/aromatic N) is 1. The van der Waals surface area contributed by atoms with Crippen LogP contribution in [0.5, 0.6) is 0 Å². The highest BCUT2D eigenvalue weighted by molar-refractivity contribution is 5.85. The number of aryl methyl sites for hydroxylation is 2. The van der Waals surface area contributed by atoms with Crippen LogP contribution in [-0.4, -0.2) is 0 Å². The molecule has 3 heteroatoms. The average Bonchev–Trinajstić information content (AvgIpc) is 2.04. The van der Waals surface area contributed by atoms with Gasteiger partial charge in [-0.05, 0) is 30.5 Å². The number of nitriles is 1. The van der Waals surface area contributed by atoms with Crippen LogP contribution in [-0.2, 0) is 0 Å². The molecule has 1 rings (SSSR count). The second-order valence-electron chi connectivity index (χ2n) is 3.27. The van der Waals surface area contributed by atoms with Gasteiger partial charge < -0.3 is 5.73 Å². The standard InChI is InChI=1S/C11H14N2.ClH/c1-8-4-3-5-9(2)11(8)10(13)6-7-12;/h3-5,10H,6,13H2,1-2H3;1H/t10-;/m1./s1. The molecule has 1 aromatic rings. The van der Waals surface area contributed by atoms with Gasteiger partial charge in [-0.2, -0.15) is 5.26 Å². The summed E-state index contributed by atoms with van der Waals surface area (Å²) in [5, 5.41) is 8.55. The minimum Gasteiger partial charge on any atom is -0.323 e. The minimum absolute atomic E-state index is 0. The molecular formula is C11H15ClN2. The van der Waals surface area contributed by atoms with Crippen molar-refractivity contribution < 1.29 is 0 Å². The van der Waals surface area contributed by atoms with Gasteiger partial charge in [-0.15, -0.1) is 12.4 Å². The Morgan fingerprint density at radius 1 is 1.36 bits per heavy atom. The summed E-state index contributed by atoms with van der Waals surface area (Å²) in [6.45, 7) is 4.05. The first kappa shape index (κ1) is 13.0. The van der Waals surface area contributed by atoms with Gasteiger partial charge in [-0.25, -0.2) is 0 Å². The largest absolute Gasteiger partial charge is 0.323 e. The van der Waals surface area contributed by atoms with Crippen LogP contribution in [0.3, 0.4) is 0 Å². The van der Waals surface area contributed by atoms with E-state index in [1.165, 1.54) is 11.1 Å². The molecule has 0 radical (unpaired) electrons. The van der Waals surface area contributed by atoms with Gasteiger partial charge in [0.2, 0.25) is 0 Å². The molecule has 0 saturated carbocycles. The molecule has 0 aromatic heterocycles. The van der Waals surface area contributed by atoms with E-state index in [0.29, 0.717) is 6.42 Å². The Hall–Kier alpha value is -1.04. The van der Waals surface area contributed by atoms with Crippen LogP contribution in [0.4, 0.5) is 0 Å². The van der Waals surface area contributed by atoms with Crippen LogP contribution in [0.2, 0.25) is 0 Å². The summed E-state index contributed by atoms with van der Waals surface area (Å²) in [7, 11) is 0. The molecular weight excluding hydrogens is 196 g/mol. The van der Waals surface area contributed by atoms with Crippen molar-refractivity contribution in [1.82, 2.24) is 0 Å². The third kappa shape index (κ3) is 2.73. The number of hydrogen-bond acceptors (Lipinski definition) is 2. The molecule has 0 saturated heterocycles. The van der Waals surface area contributed by atoms with Gasteiger partial charge >= 0.3 is 0 Å². The smallest absolute Gasteiger partial charge is 0.0641 e. The molecule has 0 unspecified atom stereocenters.